The van der Waals surface area contributed by atoms with Crippen LogP contribution in [-0.4, -0.2) is 18.0 Å². The van der Waals surface area contributed by atoms with Gasteiger partial charge in [-0.1, -0.05) is 17.7 Å². The molecule has 1 unspecified atom stereocenters. The molecule has 1 N–H and O–H groups in total. The van der Waals surface area contributed by atoms with E-state index >= 15 is 0 Å². The van der Waals surface area contributed by atoms with Crippen molar-refractivity contribution < 1.29 is 4.74 Å². The number of allylic oxidation sites excluding steroid dienone is 1. The van der Waals surface area contributed by atoms with Crippen LogP contribution < -0.4 is 5.32 Å². The predicted molar refractivity (Wildman–Crippen MR) is 80.9 cm³/mol. The smallest absolute Gasteiger partial charge is 0.167 e. The standard InChI is InChI=1S/C15H19ClN2O/c1-11(2)19-15(14-5-3-4-10-17-14)18-13-8-6-12(16)7-9-13/h4,6-11,15,18H,3,5H2,1-2H3. The molecule has 0 bridgehead atoms. The molecule has 0 saturated carbocycles. The number of aliphatic imine (C=N–C) groups is 1. The summed E-state index contributed by atoms with van der Waals surface area (Å²) in [6.07, 6.45) is 5.80. The lowest BCUT2D eigenvalue weighted by atomic mass is 10.1. The molecule has 0 aliphatic carbocycles. The lowest BCUT2D eigenvalue weighted by Crippen LogP contribution is -2.35. The molecule has 0 aromatic heterocycles. The zero-order valence-electron chi connectivity index (χ0n) is 11.3. The highest BCUT2D eigenvalue weighted by Crippen LogP contribution is 2.17. The molecule has 1 atom stereocenters. The average molecular weight is 279 g/mol. The number of rotatable bonds is 5. The summed E-state index contributed by atoms with van der Waals surface area (Å²) >= 11 is 5.89. The highest BCUT2D eigenvalue weighted by atomic mass is 35.5. The number of hydrogen-bond donors (Lipinski definition) is 1. The van der Waals surface area contributed by atoms with Gasteiger partial charge < -0.3 is 10.1 Å². The van der Waals surface area contributed by atoms with Gasteiger partial charge in [-0.3, -0.25) is 4.99 Å². The van der Waals surface area contributed by atoms with Crippen LogP contribution in [0.25, 0.3) is 0 Å². The summed E-state index contributed by atoms with van der Waals surface area (Å²) in [7, 11) is 0. The summed E-state index contributed by atoms with van der Waals surface area (Å²) in [5, 5.41) is 4.09. The Labute approximate surface area is 119 Å². The molecule has 0 saturated heterocycles. The maximum absolute atomic E-state index is 5.92. The molecule has 1 aliphatic rings. The molecule has 1 heterocycles. The maximum atomic E-state index is 5.92. The van der Waals surface area contributed by atoms with Crippen LogP contribution in [0.5, 0.6) is 0 Å². The highest BCUT2D eigenvalue weighted by molar-refractivity contribution is 6.30. The van der Waals surface area contributed by atoms with Crippen molar-refractivity contribution in [3.63, 3.8) is 0 Å². The Balaban J connectivity index is 2.11. The number of nitrogens with one attached hydrogen (secondary N) is 1. The molecular weight excluding hydrogens is 260 g/mol. The zero-order valence-corrected chi connectivity index (χ0v) is 12.0. The van der Waals surface area contributed by atoms with Gasteiger partial charge in [0.25, 0.3) is 0 Å². The van der Waals surface area contributed by atoms with Crippen LogP contribution in [0, 0.1) is 0 Å². The fourth-order valence-electron chi connectivity index (χ4n) is 1.88. The molecule has 2 rings (SSSR count). The Morgan fingerprint density at radius 3 is 2.58 bits per heavy atom. The first-order chi connectivity index (χ1) is 9.15. The van der Waals surface area contributed by atoms with Gasteiger partial charge in [-0.25, -0.2) is 0 Å². The van der Waals surface area contributed by atoms with Crippen molar-refractivity contribution in [2.75, 3.05) is 5.32 Å². The third kappa shape index (κ3) is 4.37. The van der Waals surface area contributed by atoms with E-state index < -0.39 is 0 Å². The second kappa shape index (κ2) is 6.73. The summed E-state index contributed by atoms with van der Waals surface area (Å²) in [6, 6.07) is 7.61. The van der Waals surface area contributed by atoms with Crippen molar-refractivity contribution in [2.24, 2.45) is 4.99 Å². The van der Waals surface area contributed by atoms with Crippen LogP contribution in [0.1, 0.15) is 26.7 Å². The fraction of sp³-hybridized carbons (Fsp3) is 0.400. The second-order valence-electron chi connectivity index (χ2n) is 4.76. The van der Waals surface area contributed by atoms with Gasteiger partial charge in [0.1, 0.15) is 0 Å². The Morgan fingerprint density at radius 2 is 2.00 bits per heavy atom. The molecule has 102 valence electrons. The lowest BCUT2D eigenvalue weighted by molar-refractivity contribution is 0.0602. The number of hydrogen-bond acceptors (Lipinski definition) is 3. The van der Waals surface area contributed by atoms with E-state index in [1.807, 2.05) is 44.3 Å². The van der Waals surface area contributed by atoms with Crippen LogP contribution >= 0.6 is 11.6 Å². The predicted octanol–water partition coefficient (Wildman–Crippen LogP) is 4.25. The summed E-state index contributed by atoms with van der Waals surface area (Å²) in [4.78, 5) is 4.42. The minimum Gasteiger partial charge on any atom is -0.355 e. The summed E-state index contributed by atoms with van der Waals surface area (Å²) in [5.74, 6) is 0. The topological polar surface area (TPSA) is 33.6 Å². The third-order valence-corrected chi connectivity index (χ3v) is 3.02. The first-order valence-electron chi connectivity index (χ1n) is 6.54. The molecule has 0 amide bonds. The molecule has 0 radical (unpaired) electrons. The second-order valence-corrected chi connectivity index (χ2v) is 5.20. The minimum atomic E-state index is -0.189. The van der Waals surface area contributed by atoms with E-state index in [4.69, 9.17) is 16.3 Å². The van der Waals surface area contributed by atoms with Crippen molar-refractivity contribution in [3.8, 4) is 0 Å². The van der Waals surface area contributed by atoms with E-state index in [2.05, 4.69) is 16.4 Å². The monoisotopic (exact) mass is 278 g/mol. The van der Waals surface area contributed by atoms with Crippen molar-refractivity contribution in [3.05, 3.63) is 41.6 Å². The summed E-state index contributed by atoms with van der Waals surface area (Å²) in [6.45, 7) is 4.05. The third-order valence-electron chi connectivity index (χ3n) is 2.77. The maximum Gasteiger partial charge on any atom is 0.167 e. The molecule has 0 fully saturated rings. The van der Waals surface area contributed by atoms with E-state index in [1.54, 1.807) is 0 Å². The molecule has 3 nitrogen and oxygen atoms in total. The van der Waals surface area contributed by atoms with Crippen LogP contribution in [0.2, 0.25) is 5.02 Å². The molecule has 19 heavy (non-hydrogen) atoms. The van der Waals surface area contributed by atoms with Crippen molar-refractivity contribution >= 4 is 23.0 Å². The van der Waals surface area contributed by atoms with E-state index in [0.717, 1.165) is 29.3 Å². The van der Waals surface area contributed by atoms with Crippen molar-refractivity contribution in [1.29, 1.82) is 0 Å². The van der Waals surface area contributed by atoms with Gasteiger partial charge in [-0.05, 0) is 51.0 Å². The first kappa shape index (κ1) is 14.1. The van der Waals surface area contributed by atoms with Gasteiger partial charge in [0.2, 0.25) is 0 Å². The zero-order chi connectivity index (χ0) is 13.7. The van der Waals surface area contributed by atoms with E-state index in [9.17, 15) is 0 Å². The Bertz CT molecular complexity index is 466. The van der Waals surface area contributed by atoms with Crippen LogP contribution in [0.3, 0.4) is 0 Å². The van der Waals surface area contributed by atoms with Gasteiger partial charge in [0.05, 0.1) is 11.8 Å². The SMILES string of the molecule is CC(C)OC(Nc1ccc(Cl)cc1)C1=NC=CCC1. The molecule has 1 aliphatic heterocycles. The Hall–Kier alpha value is -1.32. The fourth-order valence-corrected chi connectivity index (χ4v) is 2.01. The molecule has 0 spiro atoms. The molecule has 1 aromatic carbocycles. The number of halogens is 1. The largest absolute Gasteiger partial charge is 0.355 e. The van der Waals surface area contributed by atoms with Gasteiger partial charge in [0.15, 0.2) is 6.23 Å². The van der Waals surface area contributed by atoms with E-state index in [1.165, 1.54) is 0 Å². The lowest BCUT2D eigenvalue weighted by Gasteiger charge is -2.25. The Kier molecular flexibility index (Phi) is 5.00. The van der Waals surface area contributed by atoms with Crippen molar-refractivity contribution in [2.45, 2.75) is 39.0 Å². The molecule has 1 aromatic rings. The van der Waals surface area contributed by atoms with Crippen LogP contribution in [-0.2, 0) is 4.74 Å². The molecular formula is C15H19ClN2O. The normalized spacial score (nSPS) is 16.3. The highest BCUT2D eigenvalue weighted by Gasteiger charge is 2.18. The van der Waals surface area contributed by atoms with E-state index in [0.29, 0.717) is 0 Å². The van der Waals surface area contributed by atoms with Gasteiger partial charge in [-0.2, -0.15) is 0 Å². The van der Waals surface area contributed by atoms with E-state index in [-0.39, 0.29) is 12.3 Å². The average Bonchev–Trinajstić information content (AvgIpc) is 2.41. The van der Waals surface area contributed by atoms with Gasteiger partial charge in [-0.15, -0.1) is 0 Å². The van der Waals surface area contributed by atoms with Crippen LogP contribution in [0.15, 0.2) is 41.5 Å². The quantitative estimate of drug-likeness (QED) is 0.817. The first-order valence-corrected chi connectivity index (χ1v) is 6.92. The number of benzene rings is 1. The summed E-state index contributed by atoms with van der Waals surface area (Å²) < 4.78 is 5.92. The van der Waals surface area contributed by atoms with Crippen LogP contribution in [0.4, 0.5) is 5.69 Å². The molecule has 4 heteroatoms. The number of anilines is 1. The summed E-state index contributed by atoms with van der Waals surface area (Å²) in [5.41, 5.74) is 2.01. The van der Waals surface area contributed by atoms with Crippen molar-refractivity contribution in [1.82, 2.24) is 0 Å². The minimum absolute atomic E-state index is 0.137. The van der Waals surface area contributed by atoms with Gasteiger partial charge >= 0.3 is 0 Å². The Morgan fingerprint density at radius 1 is 1.26 bits per heavy atom. The van der Waals surface area contributed by atoms with Gasteiger partial charge in [0, 0.05) is 16.9 Å². The number of nitrogens with zero attached hydrogens (tertiary/aromatic N) is 1. The number of ether oxygens (including phenoxy) is 1.